The second kappa shape index (κ2) is 7.16. The van der Waals surface area contributed by atoms with Crippen LogP contribution in [-0.2, 0) is 16.0 Å². The Kier molecular flexibility index (Phi) is 5.85. The Morgan fingerprint density at radius 1 is 1.33 bits per heavy atom. The number of alkyl halides is 1. The molecule has 0 spiro atoms. The lowest BCUT2D eigenvalue weighted by Gasteiger charge is -2.09. The summed E-state index contributed by atoms with van der Waals surface area (Å²) >= 11 is 3.11. The maximum atomic E-state index is 11.6. The van der Waals surface area contributed by atoms with Crippen LogP contribution in [0.1, 0.15) is 22.8 Å². The molecule has 0 heterocycles. The van der Waals surface area contributed by atoms with Gasteiger partial charge in [-0.3, -0.25) is 4.79 Å². The van der Waals surface area contributed by atoms with Gasteiger partial charge < -0.3 is 9.47 Å². The fourth-order valence-corrected chi connectivity index (χ4v) is 1.72. The number of ether oxygens (including phenoxy) is 2. The van der Waals surface area contributed by atoms with E-state index in [-0.39, 0.29) is 17.5 Å². The minimum Gasteiger partial charge on any atom is -0.496 e. The Labute approximate surface area is 114 Å². The standard InChI is InChI=1S/C13H15BrO4/c1-3-18-13(16)9-4-5-12(17-2)10(6-9)7-11(15)8-14/h4-6H,3,7-8H2,1-2H3. The van der Waals surface area contributed by atoms with Crippen LogP contribution in [0.2, 0.25) is 0 Å². The largest absolute Gasteiger partial charge is 0.496 e. The van der Waals surface area contributed by atoms with Crippen molar-refractivity contribution < 1.29 is 19.1 Å². The molecule has 1 aromatic rings. The predicted octanol–water partition coefficient (Wildman–Crippen LogP) is 2.38. The number of halogens is 1. The summed E-state index contributed by atoms with van der Waals surface area (Å²) in [4.78, 5) is 23.0. The normalized spacial score (nSPS) is 9.94. The molecule has 98 valence electrons. The van der Waals surface area contributed by atoms with Crippen LogP contribution < -0.4 is 4.74 Å². The highest BCUT2D eigenvalue weighted by atomic mass is 79.9. The van der Waals surface area contributed by atoms with Gasteiger partial charge in [0.05, 0.1) is 24.6 Å². The summed E-state index contributed by atoms with van der Waals surface area (Å²) in [5, 5.41) is 0.278. The van der Waals surface area contributed by atoms with E-state index in [0.717, 1.165) is 0 Å². The Balaban J connectivity index is 3.01. The van der Waals surface area contributed by atoms with Crippen LogP contribution in [0.3, 0.4) is 0 Å². The van der Waals surface area contributed by atoms with Gasteiger partial charge in [0.15, 0.2) is 0 Å². The molecular weight excluding hydrogens is 300 g/mol. The molecule has 0 atom stereocenters. The van der Waals surface area contributed by atoms with Crippen LogP contribution in [0.15, 0.2) is 18.2 Å². The molecule has 0 saturated heterocycles. The number of carbonyl (C=O) groups is 2. The summed E-state index contributed by atoms with van der Waals surface area (Å²) in [7, 11) is 1.53. The van der Waals surface area contributed by atoms with Crippen molar-refractivity contribution in [1.82, 2.24) is 0 Å². The van der Waals surface area contributed by atoms with Gasteiger partial charge in [0.25, 0.3) is 0 Å². The van der Waals surface area contributed by atoms with Gasteiger partial charge in [0.2, 0.25) is 0 Å². The molecule has 0 radical (unpaired) electrons. The predicted molar refractivity (Wildman–Crippen MR) is 71.5 cm³/mol. The van der Waals surface area contributed by atoms with Crippen molar-refractivity contribution in [2.75, 3.05) is 19.0 Å². The Bertz CT molecular complexity index is 443. The summed E-state index contributed by atoms with van der Waals surface area (Å²) in [6.45, 7) is 2.07. The van der Waals surface area contributed by atoms with Gasteiger partial charge in [-0.2, -0.15) is 0 Å². The highest BCUT2D eigenvalue weighted by Crippen LogP contribution is 2.21. The Morgan fingerprint density at radius 2 is 2.06 bits per heavy atom. The highest BCUT2D eigenvalue weighted by molar-refractivity contribution is 9.09. The maximum Gasteiger partial charge on any atom is 0.338 e. The van der Waals surface area contributed by atoms with E-state index in [4.69, 9.17) is 9.47 Å². The first-order valence-corrected chi connectivity index (χ1v) is 6.66. The summed E-state index contributed by atoms with van der Waals surface area (Å²) < 4.78 is 10.1. The summed E-state index contributed by atoms with van der Waals surface area (Å²) in [5.41, 5.74) is 1.11. The monoisotopic (exact) mass is 314 g/mol. The zero-order valence-corrected chi connectivity index (χ0v) is 12.0. The fraction of sp³-hybridized carbons (Fsp3) is 0.385. The SMILES string of the molecule is CCOC(=O)c1ccc(OC)c(CC(=O)CBr)c1. The van der Waals surface area contributed by atoms with Crippen molar-refractivity contribution >= 4 is 27.7 Å². The first kappa shape index (κ1) is 14.7. The number of methoxy groups -OCH3 is 1. The minimum absolute atomic E-state index is 0.0225. The van der Waals surface area contributed by atoms with Crippen LogP contribution >= 0.6 is 15.9 Å². The molecule has 0 saturated carbocycles. The number of carbonyl (C=O) groups excluding carboxylic acids is 2. The molecule has 0 aliphatic heterocycles. The molecule has 18 heavy (non-hydrogen) atoms. The molecule has 0 aliphatic rings. The molecule has 1 aromatic carbocycles. The summed E-state index contributed by atoms with van der Waals surface area (Å²) in [5.74, 6) is 0.222. The number of Topliss-reactive ketones (excluding diaryl/α,β-unsaturated/α-hetero) is 1. The first-order chi connectivity index (χ1) is 8.62. The van der Waals surface area contributed by atoms with Crippen molar-refractivity contribution in [2.45, 2.75) is 13.3 Å². The second-order valence-electron chi connectivity index (χ2n) is 3.60. The van der Waals surface area contributed by atoms with Gasteiger partial charge >= 0.3 is 5.97 Å². The van der Waals surface area contributed by atoms with E-state index >= 15 is 0 Å². The number of esters is 1. The van der Waals surface area contributed by atoms with Crippen molar-refractivity contribution in [1.29, 1.82) is 0 Å². The van der Waals surface area contributed by atoms with Gasteiger partial charge in [0.1, 0.15) is 11.5 Å². The quantitative estimate of drug-likeness (QED) is 0.597. The zero-order chi connectivity index (χ0) is 13.5. The van der Waals surface area contributed by atoms with Gasteiger partial charge in [0, 0.05) is 12.0 Å². The maximum absolute atomic E-state index is 11.6. The van der Waals surface area contributed by atoms with E-state index in [1.165, 1.54) is 7.11 Å². The third kappa shape index (κ3) is 3.84. The van der Waals surface area contributed by atoms with E-state index in [2.05, 4.69) is 15.9 Å². The summed E-state index contributed by atoms with van der Waals surface area (Å²) in [6, 6.07) is 4.93. The lowest BCUT2D eigenvalue weighted by molar-refractivity contribution is -0.115. The molecule has 0 amide bonds. The molecule has 0 aliphatic carbocycles. The topological polar surface area (TPSA) is 52.6 Å². The molecule has 0 unspecified atom stereocenters. The smallest absolute Gasteiger partial charge is 0.338 e. The third-order valence-corrected chi connectivity index (χ3v) is 2.95. The molecule has 5 heteroatoms. The molecule has 0 N–H and O–H groups in total. The average molecular weight is 315 g/mol. The van der Waals surface area contributed by atoms with Crippen LogP contribution in [0.4, 0.5) is 0 Å². The molecular formula is C13H15BrO4. The highest BCUT2D eigenvalue weighted by Gasteiger charge is 2.13. The lowest BCUT2D eigenvalue weighted by atomic mass is 10.0. The first-order valence-electron chi connectivity index (χ1n) is 5.54. The molecule has 0 bridgehead atoms. The number of hydrogen-bond acceptors (Lipinski definition) is 4. The van der Waals surface area contributed by atoms with Crippen LogP contribution in [0, 0.1) is 0 Å². The van der Waals surface area contributed by atoms with Gasteiger partial charge in [-0.15, -0.1) is 0 Å². The van der Waals surface area contributed by atoms with E-state index in [9.17, 15) is 9.59 Å². The van der Waals surface area contributed by atoms with E-state index in [0.29, 0.717) is 23.5 Å². The van der Waals surface area contributed by atoms with E-state index in [1.807, 2.05) is 0 Å². The fourth-order valence-electron chi connectivity index (χ4n) is 1.52. The van der Waals surface area contributed by atoms with Crippen molar-refractivity contribution in [3.8, 4) is 5.75 Å². The second-order valence-corrected chi connectivity index (χ2v) is 4.16. The molecule has 0 fully saturated rings. The molecule has 0 aromatic heterocycles. The van der Waals surface area contributed by atoms with Gasteiger partial charge in [-0.25, -0.2) is 4.79 Å². The van der Waals surface area contributed by atoms with Crippen molar-refractivity contribution in [3.63, 3.8) is 0 Å². The minimum atomic E-state index is -0.396. The number of benzene rings is 1. The number of ketones is 1. The van der Waals surface area contributed by atoms with Crippen molar-refractivity contribution in [2.24, 2.45) is 0 Å². The average Bonchev–Trinajstić information content (AvgIpc) is 2.38. The third-order valence-electron chi connectivity index (χ3n) is 2.33. The van der Waals surface area contributed by atoms with Crippen LogP contribution in [-0.4, -0.2) is 30.8 Å². The van der Waals surface area contributed by atoms with Crippen LogP contribution in [0.25, 0.3) is 0 Å². The van der Waals surface area contributed by atoms with Gasteiger partial charge in [-0.05, 0) is 25.1 Å². The van der Waals surface area contributed by atoms with Crippen molar-refractivity contribution in [3.05, 3.63) is 29.3 Å². The van der Waals surface area contributed by atoms with Gasteiger partial charge in [-0.1, -0.05) is 15.9 Å². The molecule has 4 nitrogen and oxygen atoms in total. The lowest BCUT2D eigenvalue weighted by Crippen LogP contribution is -2.09. The Hall–Kier alpha value is -1.36. The summed E-state index contributed by atoms with van der Waals surface area (Å²) in [6.07, 6.45) is 0.224. The van der Waals surface area contributed by atoms with Crippen LogP contribution in [0.5, 0.6) is 5.75 Å². The number of hydrogen-bond donors (Lipinski definition) is 0. The zero-order valence-electron chi connectivity index (χ0n) is 10.4. The number of rotatable bonds is 6. The van der Waals surface area contributed by atoms with E-state index < -0.39 is 5.97 Å². The van der Waals surface area contributed by atoms with E-state index in [1.54, 1.807) is 25.1 Å². The Morgan fingerprint density at radius 3 is 2.61 bits per heavy atom. The molecule has 1 rings (SSSR count).